The highest BCUT2D eigenvalue weighted by Crippen LogP contribution is 2.22. The number of nitrogens with zero attached hydrogens (tertiary/aromatic N) is 2. The van der Waals surface area contributed by atoms with E-state index in [1.54, 1.807) is 6.21 Å². The van der Waals surface area contributed by atoms with Crippen LogP contribution >= 0.6 is 22.6 Å². The van der Waals surface area contributed by atoms with Crippen LogP contribution in [0, 0.1) is 3.57 Å². The molecule has 1 aliphatic rings. The molecule has 1 saturated heterocycles. The van der Waals surface area contributed by atoms with E-state index < -0.39 is 0 Å². The van der Waals surface area contributed by atoms with Gasteiger partial charge in [-0.2, -0.15) is 0 Å². The number of benzene rings is 1. The number of anilines is 1. The second-order valence-electron chi connectivity index (χ2n) is 4.60. The van der Waals surface area contributed by atoms with Gasteiger partial charge in [0.05, 0.1) is 11.9 Å². The largest absolute Gasteiger partial charge is 0.440 e. The molecule has 4 heteroatoms. The van der Waals surface area contributed by atoms with E-state index in [9.17, 15) is 0 Å². The zero-order valence-corrected chi connectivity index (χ0v) is 12.7. The molecule has 19 heavy (non-hydrogen) atoms. The highest BCUT2D eigenvalue weighted by molar-refractivity contribution is 14.1. The average Bonchev–Trinajstić information content (AvgIpc) is 3.09. The van der Waals surface area contributed by atoms with E-state index in [1.807, 2.05) is 36.4 Å². The van der Waals surface area contributed by atoms with Gasteiger partial charge in [0.25, 0.3) is 0 Å². The fourth-order valence-electron chi connectivity index (χ4n) is 2.18. The van der Waals surface area contributed by atoms with Crippen molar-refractivity contribution in [2.24, 2.45) is 4.99 Å². The second kappa shape index (κ2) is 5.77. The fraction of sp³-hybridized carbons (Fsp3) is 0.267. The lowest BCUT2D eigenvalue weighted by Crippen LogP contribution is -2.16. The Kier molecular flexibility index (Phi) is 3.87. The number of halogens is 1. The van der Waals surface area contributed by atoms with Crippen LogP contribution in [0.25, 0.3) is 0 Å². The van der Waals surface area contributed by atoms with Gasteiger partial charge in [-0.05, 0) is 65.8 Å². The van der Waals surface area contributed by atoms with E-state index in [0.29, 0.717) is 0 Å². The summed E-state index contributed by atoms with van der Waals surface area (Å²) >= 11 is 2.29. The third-order valence-corrected chi connectivity index (χ3v) is 3.92. The summed E-state index contributed by atoms with van der Waals surface area (Å²) in [4.78, 5) is 6.70. The van der Waals surface area contributed by atoms with Crippen LogP contribution in [0.1, 0.15) is 18.6 Å². The maximum absolute atomic E-state index is 5.79. The summed E-state index contributed by atoms with van der Waals surface area (Å²) in [6.07, 6.45) is 4.29. The zero-order valence-electron chi connectivity index (χ0n) is 10.6. The summed E-state index contributed by atoms with van der Waals surface area (Å²) in [5.74, 6) is 1.77. The first-order valence-corrected chi connectivity index (χ1v) is 7.53. The highest BCUT2D eigenvalue weighted by atomic mass is 127. The van der Waals surface area contributed by atoms with Gasteiger partial charge in [-0.15, -0.1) is 0 Å². The van der Waals surface area contributed by atoms with E-state index in [2.05, 4.69) is 32.5 Å². The van der Waals surface area contributed by atoms with Gasteiger partial charge in [-0.1, -0.05) is 0 Å². The Labute approximate surface area is 126 Å². The van der Waals surface area contributed by atoms with Gasteiger partial charge in [-0.3, -0.25) is 4.99 Å². The van der Waals surface area contributed by atoms with E-state index in [0.717, 1.165) is 30.4 Å². The number of hydrogen-bond acceptors (Lipinski definition) is 3. The molecule has 2 aromatic rings. The maximum Gasteiger partial charge on any atom is 0.196 e. The van der Waals surface area contributed by atoms with Crippen molar-refractivity contribution in [3.05, 3.63) is 45.7 Å². The molecule has 3 rings (SSSR count). The number of rotatable bonds is 3. The first kappa shape index (κ1) is 12.7. The predicted octanol–water partition coefficient (Wildman–Crippen LogP) is 4.24. The summed E-state index contributed by atoms with van der Waals surface area (Å²) in [7, 11) is 0. The van der Waals surface area contributed by atoms with Gasteiger partial charge in [0, 0.05) is 22.7 Å². The molecule has 0 unspecified atom stereocenters. The minimum atomic E-state index is 0.806. The summed E-state index contributed by atoms with van der Waals surface area (Å²) in [5.41, 5.74) is 0.944. The van der Waals surface area contributed by atoms with Crippen LogP contribution < -0.4 is 4.90 Å². The molecule has 0 atom stereocenters. The van der Waals surface area contributed by atoms with Crippen molar-refractivity contribution in [1.82, 2.24) is 0 Å². The van der Waals surface area contributed by atoms with Crippen molar-refractivity contribution in [3.8, 4) is 0 Å². The Morgan fingerprint density at radius 2 is 1.79 bits per heavy atom. The minimum absolute atomic E-state index is 0.806. The summed E-state index contributed by atoms with van der Waals surface area (Å²) in [6.45, 7) is 2.20. The van der Waals surface area contributed by atoms with Gasteiger partial charge in [0.2, 0.25) is 0 Å². The second-order valence-corrected chi connectivity index (χ2v) is 5.85. The Bertz CT molecular complexity index is 568. The molecule has 1 fully saturated rings. The third kappa shape index (κ3) is 3.18. The molecule has 1 aliphatic heterocycles. The molecule has 1 aromatic heterocycles. The molecule has 0 amide bonds. The van der Waals surface area contributed by atoms with Gasteiger partial charge in [-0.25, -0.2) is 0 Å². The van der Waals surface area contributed by atoms with Crippen LogP contribution in [0.2, 0.25) is 0 Å². The molecule has 0 N–H and O–H groups in total. The lowest BCUT2D eigenvalue weighted by atomic mass is 10.3. The fourth-order valence-corrected chi connectivity index (χ4v) is 2.54. The number of aliphatic imine (C=N–C) groups is 1. The van der Waals surface area contributed by atoms with E-state index in [1.165, 1.54) is 16.4 Å². The van der Waals surface area contributed by atoms with Crippen LogP contribution in [-0.4, -0.2) is 19.3 Å². The van der Waals surface area contributed by atoms with Crippen LogP contribution in [-0.2, 0) is 0 Å². The van der Waals surface area contributed by atoms with Crippen LogP contribution in [0.15, 0.2) is 45.8 Å². The first-order valence-electron chi connectivity index (χ1n) is 6.46. The summed E-state index contributed by atoms with van der Waals surface area (Å²) in [5, 5.41) is 0. The van der Waals surface area contributed by atoms with Crippen LogP contribution in [0.4, 0.5) is 11.6 Å². The quantitative estimate of drug-likeness (QED) is 0.601. The maximum atomic E-state index is 5.79. The van der Waals surface area contributed by atoms with Gasteiger partial charge >= 0.3 is 0 Å². The Morgan fingerprint density at radius 1 is 1.05 bits per heavy atom. The van der Waals surface area contributed by atoms with E-state index in [4.69, 9.17) is 4.42 Å². The molecule has 0 spiro atoms. The Hall–Kier alpha value is -1.30. The Morgan fingerprint density at radius 3 is 2.53 bits per heavy atom. The molecule has 0 saturated carbocycles. The number of furan rings is 1. The molecule has 2 heterocycles. The average molecular weight is 366 g/mol. The Balaban J connectivity index is 1.71. The monoisotopic (exact) mass is 366 g/mol. The summed E-state index contributed by atoms with van der Waals surface area (Å²) < 4.78 is 7.00. The molecule has 3 nitrogen and oxygen atoms in total. The predicted molar refractivity (Wildman–Crippen MR) is 86.6 cm³/mol. The smallest absolute Gasteiger partial charge is 0.196 e. The van der Waals surface area contributed by atoms with Crippen molar-refractivity contribution in [1.29, 1.82) is 0 Å². The molecule has 98 valence electrons. The molecule has 1 aromatic carbocycles. The van der Waals surface area contributed by atoms with Crippen LogP contribution in [0.5, 0.6) is 0 Å². The molecule has 0 radical (unpaired) electrons. The highest BCUT2D eigenvalue weighted by Gasteiger charge is 2.14. The lowest BCUT2D eigenvalue weighted by molar-refractivity contribution is 0.550. The lowest BCUT2D eigenvalue weighted by Gasteiger charge is -2.12. The van der Waals surface area contributed by atoms with Gasteiger partial charge in [0.1, 0.15) is 5.76 Å². The topological polar surface area (TPSA) is 28.7 Å². The van der Waals surface area contributed by atoms with E-state index >= 15 is 0 Å². The third-order valence-electron chi connectivity index (χ3n) is 3.20. The van der Waals surface area contributed by atoms with E-state index in [-0.39, 0.29) is 0 Å². The minimum Gasteiger partial charge on any atom is -0.440 e. The summed E-state index contributed by atoms with van der Waals surface area (Å²) in [6, 6.07) is 12.1. The van der Waals surface area contributed by atoms with Crippen molar-refractivity contribution in [2.75, 3.05) is 18.0 Å². The normalized spacial score (nSPS) is 15.5. The first-order chi connectivity index (χ1) is 9.31. The van der Waals surface area contributed by atoms with Crippen molar-refractivity contribution < 1.29 is 4.42 Å². The SMILES string of the molecule is Ic1ccc(N=Cc2ccc(N3CCCC3)o2)cc1. The van der Waals surface area contributed by atoms with Crippen molar-refractivity contribution in [3.63, 3.8) is 0 Å². The molecular weight excluding hydrogens is 351 g/mol. The zero-order chi connectivity index (χ0) is 13.1. The number of hydrogen-bond donors (Lipinski definition) is 0. The molecule has 0 bridgehead atoms. The van der Waals surface area contributed by atoms with Gasteiger partial charge in [0.15, 0.2) is 5.88 Å². The van der Waals surface area contributed by atoms with Crippen molar-refractivity contribution in [2.45, 2.75) is 12.8 Å². The molecular formula is C15H15IN2O. The van der Waals surface area contributed by atoms with Crippen molar-refractivity contribution >= 4 is 40.4 Å². The van der Waals surface area contributed by atoms with Gasteiger partial charge < -0.3 is 9.32 Å². The molecule has 0 aliphatic carbocycles. The van der Waals surface area contributed by atoms with Crippen LogP contribution in [0.3, 0.4) is 0 Å². The standard InChI is InChI=1S/C15H15IN2O/c16-12-3-5-13(6-4-12)17-11-14-7-8-15(19-14)18-9-1-2-10-18/h3-8,11H,1-2,9-10H2.